The van der Waals surface area contributed by atoms with Crippen LogP contribution in [0.5, 0.6) is 0 Å². The van der Waals surface area contributed by atoms with Gasteiger partial charge in [0.25, 0.3) is 0 Å². The molecule has 0 bridgehead atoms. The summed E-state index contributed by atoms with van der Waals surface area (Å²) in [5.41, 5.74) is 0.584. The van der Waals surface area contributed by atoms with Crippen LogP contribution in [-0.4, -0.2) is 27.9 Å². The van der Waals surface area contributed by atoms with Crippen molar-refractivity contribution < 1.29 is 9.90 Å². The van der Waals surface area contributed by atoms with Gasteiger partial charge in [-0.05, 0) is 39.5 Å². The third-order valence-electron chi connectivity index (χ3n) is 2.63. The predicted octanol–water partition coefficient (Wildman–Crippen LogP) is 2.91. The summed E-state index contributed by atoms with van der Waals surface area (Å²) in [6.07, 6.45) is -0.885. The topological polar surface area (TPSA) is 62.2 Å². The normalized spacial score (nSPS) is 14.3. The number of rotatable bonds is 5. The molecule has 0 aliphatic heterocycles. The second-order valence-electron chi connectivity index (χ2n) is 4.46. The molecule has 19 heavy (non-hydrogen) atoms. The average Bonchev–Trinajstić information content (AvgIpc) is 2.33. The van der Waals surface area contributed by atoms with Gasteiger partial charge in [-0.25, -0.2) is 4.98 Å². The van der Waals surface area contributed by atoms with Crippen LogP contribution >= 0.6 is 39.1 Å². The van der Waals surface area contributed by atoms with E-state index in [0.717, 1.165) is 0 Å². The van der Waals surface area contributed by atoms with E-state index in [1.54, 1.807) is 12.1 Å². The first-order valence-electron chi connectivity index (χ1n) is 5.71. The van der Waals surface area contributed by atoms with Crippen molar-refractivity contribution in [1.29, 1.82) is 0 Å². The number of amides is 1. The molecule has 0 aliphatic rings. The highest BCUT2D eigenvalue weighted by Gasteiger charge is 2.26. The highest BCUT2D eigenvalue weighted by atomic mass is 79.9. The molecule has 4 nitrogen and oxygen atoms in total. The Morgan fingerprint density at radius 3 is 2.63 bits per heavy atom. The Balaban J connectivity index is 2.98. The lowest BCUT2D eigenvalue weighted by molar-refractivity contribution is -0.120. The fourth-order valence-electron chi connectivity index (χ4n) is 1.70. The number of hydrogen-bond acceptors (Lipinski definition) is 3. The molecule has 1 aromatic rings. The lowest BCUT2D eigenvalue weighted by Crippen LogP contribution is -2.43. The molecule has 2 atom stereocenters. The maximum absolute atomic E-state index is 11.4. The third kappa shape index (κ3) is 4.91. The number of alkyl halides is 1. The molecular weight excluding hydrogens is 355 g/mol. The molecule has 106 valence electrons. The van der Waals surface area contributed by atoms with Gasteiger partial charge in [-0.1, -0.05) is 25.4 Å². The van der Waals surface area contributed by atoms with Gasteiger partial charge in [-0.2, -0.15) is 0 Å². The molecule has 0 saturated carbocycles. The van der Waals surface area contributed by atoms with E-state index in [4.69, 9.17) is 23.2 Å². The quantitative estimate of drug-likeness (QED) is 0.619. The lowest BCUT2D eigenvalue weighted by Gasteiger charge is -2.27. The summed E-state index contributed by atoms with van der Waals surface area (Å²) in [5.74, 6) is -0.428. The number of carbonyl (C=O) groups is 1. The number of pyridine rings is 1. The van der Waals surface area contributed by atoms with E-state index in [-0.39, 0.29) is 22.9 Å². The van der Waals surface area contributed by atoms with Crippen LogP contribution in [-0.2, 0) is 4.79 Å². The maximum Gasteiger partial charge on any atom is 0.235 e. The van der Waals surface area contributed by atoms with Crippen molar-refractivity contribution in [3.05, 3.63) is 27.5 Å². The summed E-state index contributed by atoms with van der Waals surface area (Å²) < 4.78 is 0.528. The van der Waals surface area contributed by atoms with Crippen LogP contribution in [0.15, 0.2) is 16.7 Å². The minimum absolute atomic E-state index is 0.0351. The predicted molar refractivity (Wildman–Crippen MR) is 79.4 cm³/mol. The number of nitrogens with zero attached hydrogens (tertiary/aromatic N) is 1. The minimum Gasteiger partial charge on any atom is -0.386 e. The van der Waals surface area contributed by atoms with Gasteiger partial charge in [0.1, 0.15) is 15.6 Å². The van der Waals surface area contributed by atoms with E-state index in [9.17, 15) is 9.90 Å². The molecule has 1 rings (SSSR count). The van der Waals surface area contributed by atoms with E-state index in [1.165, 1.54) is 0 Å². The van der Waals surface area contributed by atoms with Gasteiger partial charge in [-0.3, -0.25) is 4.79 Å². The van der Waals surface area contributed by atoms with Crippen LogP contribution in [0.2, 0.25) is 5.15 Å². The smallest absolute Gasteiger partial charge is 0.235 e. The van der Waals surface area contributed by atoms with Crippen molar-refractivity contribution in [2.45, 2.75) is 26.0 Å². The summed E-state index contributed by atoms with van der Waals surface area (Å²) in [4.78, 5) is 15.4. The SMILES string of the molecule is CC(C)C(NC(=O)CCl)C(O)c1cc(Cl)nc(Br)c1. The van der Waals surface area contributed by atoms with Gasteiger partial charge in [0, 0.05) is 0 Å². The Hall–Kier alpha value is -0.360. The highest BCUT2D eigenvalue weighted by molar-refractivity contribution is 9.10. The largest absolute Gasteiger partial charge is 0.386 e. The van der Waals surface area contributed by atoms with Crippen molar-refractivity contribution in [1.82, 2.24) is 10.3 Å². The fraction of sp³-hybridized carbons (Fsp3) is 0.500. The standard InChI is InChI=1S/C12H15BrCl2N2O2/c1-6(2)11(17-10(18)5-14)12(19)7-3-8(13)16-9(15)4-7/h3-4,6,11-12,19H,5H2,1-2H3,(H,17,18). The third-order valence-corrected chi connectivity index (χ3v) is 3.48. The zero-order valence-corrected chi connectivity index (χ0v) is 13.6. The molecule has 0 aromatic carbocycles. The second kappa shape index (κ2) is 7.43. The van der Waals surface area contributed by atoms with Gasteiger partial charge < -0.3 is 10.4 Å². The lowest BCUT2D eigenvalue weighted by atomic mass is 9.94. The van der Waals surface area contributed by atoms with Gasteiger partial charge >= 0.3 is 0 Å². The molecule has 2 N–H and O–H groups in total. The highest BCUT2D eigenvalue weighted by Crippen LogP contribution is 2.26. The monoisotopic (exact) mass is 368 g/mol. The molecule has 1 amide bonds. The molecular formula is C12H15BrCl2N2O2. The Kier molecular flexibility index (Phi) is 6.53. The molecule has 0 radical (unpaired) electrons. The molecule has 0 saturated heterocycles. The number of hydrogen-bond donors (Lipinski definition) is 2. The molecule has 0 spiro atoms. The summed E-state index contributed by atoms with van der Waals surface area (Å²) in [6, 6.07) is 2.79. The molecule has 1 aromatic heterocycles. The summed E-state index contributed by atoms with van der Waals surface area (Å²) in [6.45, 7) is 3.81. The number of halogens is 3. The first-order valence-corrected chi connectivity index (χ1v) is 7.42. The van der Waals surface area contributed by atoms with Crippen molar-refractivity contribution >= 4 is 45.0 Å². The molecule has 0 aliphatic carbocycles. The summed E-state index contributed by atoms with van der Waals surface area (Å²) in [7, 11) is 0. The van der Waals surface area contributed by atoms with E-state index < -0.39 is 12.1 Å². The van der Waals surface area contributed by atoms with Crippen LogP contribution in [0.1, 0.15) is 25.5 Å². The molecule has 1 heterocycles. The number of carbonyl (C=O) groups excluding carboxylic acids is 1. The van der Waals surface area contributed by atoms with E-state index in [0.29, 0.717) is 10.2 Å². The number of aromatic nitrogens is 1. The van der Waals surface area contributed by atoms with Gasteiger partial charge in [0.05, 0.1) is 12.1 Å². The van der Waals surface area contributed by atoms with Crippen molar-refractivity contribution in [3.63, 3.8) is 0 Å². The molecule has 0 fully saturated rings. The van der Waals surface area contributed by atoms with E-state index in [2.05, 4.69) is 26.2 Å². The molecule has 2 unspecified atom stereocenters. The summed E-state index contributed by atoms with van der Waals surface area (Å²) in [5, 5.41) is 13.4. The Morgan fingerprint density at radius 2 is 2.16 bits per heavy atom. The Morgan fingerprint density at radius 1 is 1.53 bits per heavy atom. The van der Waals surface area contributed by atoms with Crippen molar-refractivity contribution in [2.75, 3.05) is 5.88 Å². The van der Waals surface area contributed by atoms with E-state index in [1.807, 2.05) is 13.8 Å². The number of nitrogens with one attached hydrogen (secondary N) is 1. The first kappa shape index (κ1) is 16.7. The average molecular weight is 370 g/mol. The van der Waals surface area contributed by atoms with Crippen LogP contribution in [0.3, 0.4) is 0 Å². The second-order valence-corrected chi connectivity index (χ2v) is 5.93. The van der Waals surface area contributed by atoms with Crippen LogP contribution in [0, 0.1) is 5.92 Å². The summed E-state index contributed by atoms with van der Waals surface area (Å²) >= 11 is 14.5. The Labute approximate surface area is 130 Å². The fourth-order valence-corrected chi connectivity index (χ4v) is 2.55. The number of aliphatic hydroxyl groups is 1. The first-order chi connectivity index (χ1) is 8.85. The van der Waals surface area contributed by atoms with Gasteiger partial charge in [0.15, 0.2) is 0 Å². The molecule has 7 heteroatoms. The zero-order valence-electron chi connectivity index (χ0n) is 10.5. The van der Waals surface area contributed by atoms with E-state index >= 15 is 0 Å². The van der Waals surface area contributed by atoms with Crippen LogP contribution < -0.4 is 5.32 Å². The minimum atomic E-state index is -0.885. The number of aliphatic hydroxyl groups excluding tert-OH is 1. The van der Waals surface area contributed by atoms with Crippen molar-refractivity contribution in [3.8, 4) is 0 Å². The van der Waals surface area contributed by atoms with Crippen LogP contribution in [0.25, 0.3) is 0 Å². The van der Waals surface area contributed by atoms with Gasteiger partial charge in [-0.15, -0.1) is 11.6 Å². The zero-order chi connectivity index (χ0) is 14.6. The maximum atomic E-state index is 11.4. The Bertz CT molecular complexity index is 437. The van der Waals surface area contributed by atoms with Crippen molar-refractivity contribution in [2.24, 2.45) is 5.92 Å². The van der Waals surface area contributed by atoms with Crippen LogP contribution in [0.4, 0.5) is 0 Å². The van der Waals surface area contributed by atoms with Gasteiger partial charge in [0.2, 0.25) is 5.91 Å².